The molecule has 2 aromatic carbocycles. The molecule has 1 fully saturated rings. The van der Waals surface area contributed by atoms with Gasteiger partial charge in [-0.05, 0) is 50.1 Å². The van der Waals surface area contributed by atoms with Crippen LogP contribution in [0.1, 0.15) is 29.9 Å². The monoisotopic (exact) mass is 532 g/mol. The molecule has 1 amide bonds. The second-order valence-electron chi connectivity index (χ2n) is 8.43. The van der Waals surface area contributed by atoms with E-state index in [0.717, 1.165) is 16.4 Å². The number of aromatic nitrogens is 1. The lowest BCUT2D eigenvalue weighted by molar-refractivity contribution is -0.387. The Labute approximate surface area is 210 Å². The molecule has 1 aliphatic heterocycles. The number of carbonyl (C=O) groups excluding carboxylic acids is 1. The number of halogens is 2. The summed E-state index contributed by atoms with van der Waals surface area (Å²) in [7, 11) is -4.14. The third kappa shape index (κ3) is 5.57. The van der Waals surface area contributed by atoms with Gasteiger partial charge in [-0.3, -0.25) is 14.9 Å². The number of piperidine rings is 1. The van der Waals surface area contributed by atoms with Crippen LogP contribution in [-0.4, -0.2) is 41.8 Å². The molecule has 13 heteroatoms. The van der Waals surface area contributed by atoms with Crippen molar-refractivity contribution in [3.63, 3.8) is 0 Å². The number of anilines is 1. The largest absolute Gasteiger partial charge is 0.355 e. The lowest BCUT2D eigenvalue weighted by Gasteiger charge is -2.31. The van der Waals surface area contributed by atoms with Crippen molar-refractivity contribution in [2.75, 3.05) is 18.4 Å². The van der Waals surface area contributed by atoms with Crippen LogP contribution in [-0.2, 0) is 14.8 Å². The molecule has 4 rings (SSSR count). The number of nitrogens with one attached hydrogen (secondary N) is 1. The summed E-state index contributed by atoms with van der Waals surface area (Å²) in [6, 6.07) is 8.91. The maximum absolute atomic E-state index is 14.0. The number of sulfonamides is 1. The Kier molecular flexibility index (Phi) is 7.45. The fourth-order valence-electron chi connectivity index (χ4n) is 4.05. The van der Waals surface area contributed by atoms with Crippen molar-refractivity contribution in [2.24, 2.45) is 5.92 Å². The van der Waals surface area contributed by atoms with Crippen LogP contribution in [0, 0.1) is 34.6 Å². The van der Waals surface area contributed by atoms with E-state index in [1.807, 2.05) is 0 Å². The van der Waals surface area contributed by atoms with Crippen molar-refractivity contribution in [3.05, 3.63) is 81.2 Å². The summed E-state index contributed by atoms with van der Waals surface area (Å²) in [4.78, 5) is 22.7. The number of hydrogen-bond acceptors (Lipinski definition) is 7. The summed E-state index contributed by atoms with van der Waals surface area (Å²) in [5, 5.41) is 17.2. The lowest BCUT2D eigenvalue weighted by Crippen LogP contribution is -2.43. The van der Waals surface area contributed by atoms with E-state index in [9.17, 15) is 32.1 Å². The zero-order chi connectivity index (χ0) is 26.7. The van der Waals surface area contributed by atoms with Crippen molar-refractivity contribution >= 4 is 39.5 Å². The van der Waals surface area contributed by atoms with Crippen LogP contribution in [0.3, 0.4) is 0 Å². The van der Waals surface area contributed by atoms with E-state index < -0.39 is 44.1 Å². The van der Waals surface area contributed by atoms with Crippen molar-refractivity contribution in [1.82, 2.24) is 9.46 Å². The van der Waals surface area contributed by atoms with Crippen molar-refractivity contribution < 1.29 is 31.4 Å². The smallest absolute Gasteiger partial charge is 0.306 e. The van der Waals surface area contributed by atoms with Crippen LogP contribution in [0.4, 0.5) is 20.2 Å². The average molecular weight is 533 g/mol. The van der Waals surface area contributed by atoms with Crippen molar-refractivity contribution in [3.8, 4) is 0 Å². The van der Waals surface area contributed by atoms with E-state index in [1.165, 1.54) is 43.3 Å². The molecule has 10 nitrogen and oxygen atoms in total. The summed E-state index contributed by atoms with van der Waals surface area (Å²) >= 11 is 0. The maximum Gasteiger partial charge on any atom is 0.306 e. The molecule has 1 aliphatic rings. The second-order valence-corrected chi connectivity index (χ2v) is 10.3. The molecule has 1 N–H and O–H groups in total. The van der Waals surface area contributed by atoms with E-state index in [-0.39, 0.29) is 40.7 Å². The highest BCUT2D eigenvalue weighted by atomic mass is 32.2. The van der Waals surface area contributed by atoms with Crippen LogP contribution in [0.15, 0.2) is 51.9 Å². The van der Waals surface area contributed by atoms with Gasteiger partial charge in [-0.1, -0.05) is 23.4 Å². The SMILES string of the molecule is Cc1noc(/C=C/c2ccccc2F)c1S(=O)(=O)N1CCCC(C(=O)Nc2ccc(F)c([N+](=O)[O-])c2)C1. The fourth-order valence-corrected chi connectivity index (χ4v) is 5.83. The quantitative estimate of drug-likeness (QED) is 0.352. The van der Waals surface area contributed by atoms with Crippen LogP contribution >= 0.6 is 0 Å². The highest BCUT2D eigenvalue weighted by molar-refractivity contribution is 7.89. The van der Waals surface area contributed by atoms with Crippen molar-refractivity contribution in [1.29, 1.82) is 0 Å². The number of nitro groups is 1. The number of hydrogen-bond donors (Lipinski definition) is 1. The summed E-state index contributed by atoms with van der Waals surface area (Å²) in [6.45, 7) is 1.46. The highest BCUT2D eigenvalue weighted by Gasteiger charge is 2.37. The summed E-state index contributed by atoms with van der Waals surface area (Å²) in [5.41, 5.74) is -0.424. The standard InChI is InChI=1S/C24H22F2N4O6S/c1-15-23(22(36-28-15)11-8-16-5-2-3-7-19(16)25)37(34,35)29-12-4-6-17(14-29)24(31)27-18-9-10-20(26)21(13-18)30(32)33/h2-3,5,7-11,13,17H,4,6,12,14H2,1H3,(H,27,31)/b11-8+. The number of carbonyl (C=O) groups is 1. The normalized spacial score (nSPS) is 16.7. The first-order valence-corrected chi connectivity index (χ1v) is 12.7. The molecule has 1 atom stereocenters. The Balaban J connectivity index is 1.53. The third-order valence-corrected chi connectivity index (χ3v) is 7.94. The molecular formula is C24H22F2N4O6S. The molecule has 1 saturated heterocycles. The number of benzene rings is 2. The molecule has 1 aromatic heterocycles. The van der Waals surface area contributed by atoms with Gasteiger partial charge in [0.25, 0.3) is 0 Å². The van der Waals surface area contributed by atoms with Gasteiger partial charge in [0.15, 0.2) is 10.7 Å². The predicted octanol–water partition coefficient (Wildman–Crippen LogP) is 4.38. The van der Waals surface area contributed by atoms with Crippen LogP contribution in [0.2, 0.25) is 0 Å². The molecule has 0 radical (unpaired) electrons. The minimum absolute atomic E-state index is 0.0218. The second kappa shape index (κ2) is 10.6. The molecule has 2 heterocycles. The van der Waals surface area contributed by atoms with Crippen LogP contribution in [0.25, 0.3) is 12.2 Å². The average Bonchev–Trinajstić information content (AvgIpc) is 3.25. The van der Waals surface area contributed by atoms with Gasteiger partial charge in [0.1, 0.15) is 11.5 Å². The van der Waals surface area contributed by atoms with Crippen LogP contribution in [0.5, 0.6) is 0 Å². The number of amides is 1. The van der Waals surface area contributed by atoms with E-state index in [0.29, 0.717) is 12.8 Å². The number of nitrogens with zero attached hydrogens (tertiary/aromatic N) is 3. The molecule has 0 bridgehead atoms. The Morgan fingerprint density at radius 2 is 1.97 bits per heavy atom. The fraction of sp³-hybridized carbons (Fsp3) is 0.250. The number of aryl methyl sites for hydroxylation is 1. The first-order chi connectivity index (χ1) is 17.6. The van der Waals surface area contributed by atoms with E-state index in [1.54, 1.807) is 6.07 Å². The molecule has 37 heavy (non-hydrogen) atoms. The topological polar surface area (TPSA) is 136 Å². The first kappa shape index (κ1) is 26.1. The van der Waals surface area contributed by atoms with E-state index >= 15 is 0 Å². The summed E-state index contributed by atoms with van der Waals surface area (Å²) in [5.74, 6) is -2.92. The minimum Gasteiger partial charge on any atom is -0.355 e. The number of rotatable bonds is 7. The maximum atomic E-state index is 14.0. The third-order valence-electron chi connectivity index (χ3n) is 5.92. The van der Waals surface area contributed by atoms with Gasteiger partial charge in [0, 0.05) is 30.4 Å². The van der Waals surface area contributed by atoms with E-state index in [4.69, 9.17) is 4.52 Å². The summed E-state index contributed by atoms with van der Waals surface area (Å²) < 4.78 is 61.0. The van der Waals surface area contributed by atoms with Crippen molar-refractivity contribution in [2.45, 2.75) is 24.7 Å². The zero-order valence-corrected chi connectivity index (χ0v) is 20.4. The van der Waals surface area contributed by atoms with Gasteiger partial charge in [0.2, 0.25) is 21.7 Å². The summed E-state index contributed by atoms with van der Waals surface area (Å²) in [6.07, 6.45) is 3.46. The van der Waals surface area contributed by atoms with Gasteiger partial charge in [0.05, 0.1) is 10.8 Å². The Morgan fingerprint density at radius 3 is 2.70 bits per heavy atom. The minimum atomic E-state index is -4.14. The van der Waals surface area contributed by atoms with Gasteiger partial charge in [-0.25, -0.2) is 12.8 Å². The Hall–Kier alpha value is -3.97. The molecule has 0 saturated carbocycles. The van der Waals surface area contributed by atoms with Gasteiger partial charge in [-0.2, -0.15) is 8.70 Å². The Bertz CT molecular complexity index is 1490. The van der Waals surface area contributed by atoms with E-state index in [2.05, 4.69) is 10.5 Å². The molecular weight excluding hydrogens is 510 g/mol. The predicted molar refractivity (Wildman–Crippen MR) is 130 cm³/mol. The Morgan fingerprint density at radius 1 is 1.22 bits per heavy atom. The van der Waals surface area contributed by atoms with Gasteiger partial charge >= 0.3 is 5.69 Å². The van der Waals surface area contributed by atoms with Gasteiger partial charge < -0.3 is 9.84 Å². The highest BCUT2D eigenvalue weighted by Crippen LogP contribution is 2.30. The van der Waals surface area contributed by atoms with Gasteiger partial charge in [-0.15, -0.1) is 0 Å². The lowest BCUT2D eigenvalue weighted by atomic mass is 9.98. The molecule has 0 spiro atoms. The first-order valence-electron chi connectivity index (χ1n) is 11.2. The molecule has 1 unspecified atom stereocenters. The molecule has 194 valence electrons. The molecule has 0 aliphatic carbocycles. The number of nitro benzene ring substituents is 1. The van der Waals surface area contributed by atoms with Crippen LogP contribution < -0.4 is 5.32 Å². The molecule has 3 aromatic rings. The zero-order valence-electron chi connectivity index (χ0n) is 19.6.